The minimum absolute atomic E-state index is 0.219. The third kappa shape index (κ3) is 3.92. The van der Waals surface area contributed by atoms with Crippen LogP contribution in [-0.2, 0) is 4.79 Å². The van der Waals surface area contributed by atoms with Crippen LogP contribution in [0.5, 0.6) is 0 Å². The first kappa shape index (κ1) is 19.6. The SMILES string of the molecule is O=C(O)C1=C(n2c(=O)c(=O)[nH]c3ccccc32)CCN(C2CCCCCCC2)C1. The van der Waals surface area contributed by atoms with Crippen LogP contribution in [-0.4, -0.2) is 44.7 Å². The first-order valence-electron chi connectivity index (χ1n) is 10.5. The number of carbonyl (C=O) groups is 1. The molecule has 2 heterocycles. The van der Waals surface area contributed by atoms with Gasteiger partial charge in [-0.3, -0.25) is 19.1 Å². The van der Waals surface area contributed by atoms with Crippen LogP contribution in [0.15, 0.2) is 39.4 Å². The minimum atomic E-state index is -1.02. The molecule has 7 heteroatoms. The lowest BCUT2D eigenvalue weighted by Gasteiger charge is -2.37. The summed E-state index contributed by atoms with van der Waals surface area (Å²) >= 11 is 0. The summed E-state index contributed by atoms with van der Waals surface area (Å²) in [4.78, 5) is 41.9. The largest absolute Gasteiger partial charge is 0.478 e. The number of aromatic nitrogens is 2. The fourth-order valence-corrected chi connectivity index (χ4v) is 4.75. The Bertz CT molecular complexity index is 1060. The Kier molecular flexibility index (Phi) is 5.67. The number of aromatic amines is 1. The molecule has 1 aromatic heterocycles. The smallest absolute Gasteiger partial charge is 0.334 e. The summed E-state index contributed by atoms with van der Waals surface area (Å²) in [5.74, 6) is -1.02. The molecule has 2 N–H and O–H groups in total. The van der Waals surface area contributed by atoms with Crippen LogP contribution in [0.1, 0.15) is 51.4 Å². The Balaban J connectivity index is 1.77. The van der Waals surface area contributed by atoms with Crippen molar-refractivity contribution >= 4 is 22.7 Å². The molecule has 1 aliphatic heterocycles. The summed E-state index contributed by atoms with van der Waals surface area (Å²) in [6, 6.07) is 7.40. The van der Waals surface area contributed by atoms with Gasteiger partial charge in [0.2, 0.25) is 0 Å². The van der Waals surface area contributed by atoms with E-state index >= 15 is 0 Å². The van der Waals surface area contributed by atoms with Crippen molar-refractivity contribution < 1.29 is 9.90 Å². The van der Waals surface area contributed by atoms with E-state index in [0.717, 1.165) is 12.8 Å². The van der Waals surface area contributed by atoms with E-state index in [4.69, 9.17) is 0 Å². The maximum atomic E-state index is 12.7. The molecule has 1 aromatic carbocycles. The summed E-state index contributed by atoms with van der Waals surface area (Å²) in [6.07, 6.45) is 8.75. The molecule has 2 aliphatic rings. The average Bonchev–Trinajstić information content (AvgIpc) is 2.69. The third-order valence-electron chi connectivity index (χ3n) is 6.26. The van der Waals surface area contributed by atoms with Gasteiger partial charge in [-0.1, -0.05) is 44.2 Å². The monoisotopic (exact) mass is 397 g/mol. The Morgan fingerprint density at radius 2 is 1.72 bits per heavy atom. The number of carboxylic acids is 1. The number of nitrogens with one attached hydrogen (secondary N) is 1. The maximum absolute atomic E-state index is 12.7. The normalized spacial score (nSPS) is 19.9. The van der Waals surface area contributed by atoms with Gasteiger partial charge in [0.1, 0.15) is 0 Å². The molecular weight excluding hydrogens is 370 g/mol. The average molecular weight is 397 g/mol. The van der Waals surface area contributed by atoms with Crippen molar-refractivity contribution in [2.24, 2.45) is 0 Å². The summed E-state index contributed by atoms with van der Waals surface area (Å²) in [7, 11) is 0. The van der Waals surface area contributed by atoms with Crippen LogP contribution in [0.4, 0.5) is 0 Å². The van der Waals surface area contributed by atoms with Crippen molar-refractivity contribution in [3.8, 4) is 0 Å². The number of benzene rings is 1. The fourth-order valence-electron chi connectivity index (χ4n) is 4.75. The first-order valence-corrected chi connectivity index (χ1v) is 10.5. The number of carboxylic acid groups (broad SMARTS) is 1. The van der Waals surface area contributed by atoms with Crippen LogP contribution >= 0.6 is 0 Å². The molecule has 0 unspecified atom stereocenters. The lowest BCUT2D eigenvalue weighted by Crippen LogP contribution is -2.44. The van der Waals surface area contributed by atoms with Gasteiger partial charge in [0.25, 0.3) is 0 Å². The van der Waals surface area contributed by atoms with Gasteiger partial charge in [-0.05, 0) is 25.0 Å². The number of fused-ring (bicyclic) bond motifs is 1. The molecule has 2 aromatic rings. The van der Waals surface area contributed by atoms with Gasteiger partial charge in [-0.15, -0.1) is 0 Å². The number of H-pyrrole nitrogens is 1. The lowest BCUT2D eigenvalue weighted by atomic mass is 9.93. The van der Waals surface area contributed by atoms with E-state index in [0.29, 0.717) is 42.3 Å². The molecule has 1 fully saturated rings. The van der Waals surface area contributed by atoms with E-state index in [1.54, 1.807) is 24.3 Å². The molecule has 29 heavy (non-hydrogen) atoms. The van der Waals surface area contributed by atoms with Crippen LogP contribution in [0.3, 0.4) is 0 Å². The van der Waals surface area contributed by atoms with Crippen molar-refractivity contribution in [1.82, 2.24) is 14.5 Å². The highest BCUT2D eigenvalue weighted by molar-refractivity contribution is 5.95. The van der Waals surface area contributed by atoms with Crippen molar-refractivity contribution in [2.75, 3.05) is 13.1 Å². The second kappa shape index (κ2) is 8.37. The van der Waals surface area contributed by atoms with E-state index in [2.05, 4.69) is 9.88 Å². The van der Waals surface area contributed by atoms with Gasteiger partial charge in [0.15, 0.2) is 0 Å². The molecule has 1 aliphatic carbocycles. The van der Waals surface area contributed by atoms with Gasteiger partial charge >= 0.3 is 17.1 Å². The number of hydrogen-bond acceptors (Lipinski definition) is 4. The molecule has 0 atom stereocenters. The Morgan fingerprint density at radius 1 is 1.03 bits per heavy atom. The highest BCUT2D eigenvalue weighted by atomic mass is 16.4. The van der Waals surface area contributed by atoms with Crippen molar-refractivity contribution in [3.05, 3.63) is 50.5 Å². The zero-order valence-corrected chi connectivity index (χ0v) is 16.5. The Labute approximate surface area is 168 Å². The van der Waals surface area contributed by atoms with E-state index in [1.165, 1.54) is 36.7 Å². The quantitative estimate of drug-likeness (QED) is 0.777. The first-order chi connectivity index (χ1) is 14.1. The van der Waals surface area contributed by atoms with Crippen LogP contribution in [0.25, 0.3) is 16.7 Å². The third-order valence-corrected chi connectivity index (χ3v) is 6.26. The Morgan fingerprint density at radius 3 is 2.45 bits per heavy atom. The van der Waals surface area contributed by atoms with Gasteiger partial charge in [0.05, 0.1) is 16.6 Å². The second-order valence-corrected chi connectivity index (χ2v) is 8.06. The standard InChI is InChI=1S/C22H27N3O4/c26-20-21(27)25(19-11-7-6-10-17(19)23-20)18-12-13-24(14-16(18)22(28)29)15-8-4-2-1-3-5-9-15/h6-7,10-11,15H,1-5,8-9,12-14H2,(H,23,26)(H,28,29). The number of hydrogen-bond donors (Lipinski definition) is 2. The van der Waals surface area contributed by atoms with Gasteiger partial charge in [-0.25, -0.2) is 4.79 Å². The van der Waals surface area contributed by atoms with Gasteiger partial charge in [-0.2, -0.15) is 0 Å². The number of rotatable bonds is 3. The molecule has 1 saturated carbocycles. The van der Waals surface area contributed by atoms with Gasteiger partial charge in [0, 0.05) is 31.2 Å². The molecule has 0 bridgehead atoms. The summed E-state index contributed by atoms with van der Waals surface area (Å²) < 4.78 is 1.31. The van der Waals surface area contributed by atoms with Crippen molar-refractivity contribution in [1.29, 1.82) is 0 Å². The predicted molar refractivity (Wildman–Crippen MR) is 112 cm³/mol. The highest BCUT2D eigenvalue weighted by Crippen LogP contribution is 2.29. The van der Waals surface area contributed by atoms with Crippen LogP contribution < -0.4 is 11.1 Å². The van der Waals surface area contributed by atoms with Crippen LogP contribution in [0.2, 0.25) is 0 Å². The molecular formula is C22H27N3O4. The second-order valence-electron chi connectivity index (χ2n) is 8.06. The summed E-state index contributed by atoms with van der Waals surface area (Å²) in [6.45, 7) is 1.01. The van der Waals surface area contributed by atoms with Crippen LogP contribution in [0, 0.1) is 0 Å². The van der Waals surface area contributed by atoms with Crippen molar-refractivity contribution in [3.63, 3.8) is 0 Å². The molecule has 154 valence electrons. The number of aliphatic carboxylic acids is 1. The fraction of sp³-hybridized carbons (Fsp3) is 0.500. The highest BCUT2D eigenvalue weighted by Gasteiger charge is 2.30. The molecule has 0 radical (unpaired) electrons. The Hall–Kier alpha value is -2.67. The number of nitrogens with zero attached hydrogens (tertiary/aromatic N) is 2. The molecule has 4 rings (SSSR count). The number of para-hydroxylation sites is 2. The zero-order valence-electron chi connectivity index (χ0n) is 16.5. The van der Waals surface area contributed by atoms with Gasteiger partial charge < -0.3 is 10.1 Å². The minimum Gasteiger partial charge on any atom is -0.478 e. The predicted octanol–water partition coefficient (Wildman–Crippen LogP) is 2.80. The summed E-state index contributed by atoms with van der Waals surface area (Å²) in [5.41, 5.74) is 0.255. The van der Waals surface area contributed by atoms with E-state index < -0.39 is 17.1 Å². The molecule has 0 amide bonds. The van der Waals surface area contributed by atoms with E-state index in [1.807, 2.05) is 0 Å². The topological polar surface area (TPSA) is 95.4 Å². The lowest BCUT2D eigenvalue weighted by molar-refractivity contribution is -0.133. The molecule has 7 nitrogen and oxygen atoms in total. The summed E-state index contributed by atoms with van der Waals surface area (Å²) in [5, 5.41) is 9.93. The van der Waals surface area contributed by atoms with E-state index in [-0.39, 0.29) is 5.57 Å². The molecule has 0 saturated heterocycles. The maximum Gasteiger partial charge on any atom is 0.334 e. The van der Waals surface area contributed by atoms with Crippen molar-refractivity contribution in [2.45, 2.75) is 57.4 Å². The molecule has 0 spiro atoms. The van der Waals surface area contributed by atoms with E-state index in [9.17, 15) is 19.5 Å². The zero-order chi connectivity index (χ0) is 20.4.